The first-order chi connectivity index (χ1) is 6.91. The highest BCUT2D eigenvalue weighted by molar-refractivity contribution is 4.61. The van der Waals surface area contributed by atoms with Crippen molar-refractivity contribution in [1.29, 1.82) is 0 Å². The Bertz CT molecular complexity index is 110. The van der Waals surface area contributed by atoms with E-state index < -0.39 is 0 Å². The third-order valence-electron chi connectivity index (χ3n) is 2.60. The summed E-state index contributed by atoms with van der Waals surface area (Å²) in [4.78, 5) is 0. The average molecular weight is 198 g/mol. The highest BCUT2D eigenvalue weighted by atomic mass is 14.8. The van der Waals surface area contributed by atoms with E-state index in [1.165, 1.54) is 57.9 Å². The molecular formula is C13H28N+. The number of quaternary nitrogens is 1. The maximum atomic E-state index is 3.71. The topological polar surface area (TPSA) is 16.6 Å². The first-order valence-corrected chi connectivity index (χ1v) is 6.34. The average Bonchev–Trinajstić information content (AvgIpc) is 2.21. The monoisotopic (exact) mass is 198 g/mol. The van der Waals surface area contributed by atoms with Gasteiger partial charge in [0.25, 0.3) is 0 Å². The molecule has 14 heavy (non-hydrogen) atoms. The van der Waals surface area contributed by atoms with Crippen LogP contribution in [0.25, 0.3) is 0 Å². The summed E-state index contributed by atoms with van der Waals surface area (Å²) in [5.74, 6) is 0. The second-order valence-corrected chi connectivity index (χ2v) is 4.08. The van der Waals surface area contributed by atoms with E-state index in [0.29, 0.717) is 0 Å². The first kappa shape index (κ1) is 13.7. The molecule has 0 heterocycles. The van der Waals surface area contributed by atoms with Crippen LogP contribution in [0.1, 0.15) is 58.3 Å². The van der Waals surface area contributed by atoms with E-state index in [1.54, 1.807) is 0 Å². The van der Waals surface area contributed by atoms with Gasteiger partial charge in [-0.05, 0) is 18.9 Å². The van der Waals surface area contributed by atoms with E-state index in [4.69, 9.17) is 0 Å². The second-order valence-electron chi connectivity index (χ2n) is 4.08. The molecule has 84 valence electrons. The molecule has 0 atom stereocenters. The van der Waals surface area contributed by atoms with Crippen LogP contribution in [0, 0.1) is 0 Å². The van der Waals surface area contributed by atoms with Gasteiger partial charge < -0.3 is 5.32 Å². The zero-order chi connectivity index (χ0) is 10.5. The van der Waals surface area contributed by atoms with Crippen molar-refractivity contribution in [3.8, 4) is 0 Å². The molecule has 0 unspecified atom stereocenters. The summed E-state index contributed by atoms with van der Waals surface area (Å²) in [6, 6.07) is 0. The van der Waals surface area contributed by atoms with Crippen LogP contribution in [0.5, 0.6) is 0 Å². The lowest BCUT2D eigenvalue weighted by Crippen LogP contribution is -2.83. The van der Waals surface area contributed by atoms with Gasteiger partial charge in [-0.1, -0.05) is 52.0 Å². The normalized spacial score (nSPS) is 10.4. The van der Waals surface area contributed by atoms with Crippen LogP contribution in [-0.2, 0) is 0 Å². The number of hydrogen-bond donors (Lipinski definition) is 1. The minimum atomic E-state index is 1.08. The largest absolute Gasteiger partial charge is 0.343 e. The Labute approximate surface area is 90.0 Å². The number of rotatable bonds is 11. The third-order valence-corrected chi connectivity index (χ3v) is 2.60. The van der Waals surface area contributed by atoms with Crippen molar-refractivity contribution < 1.29 is 5.32 Å². The highest BCUT2D eigenvalue weighted by Gasteiger charge is 1.92. The van der Waals surface area contributed by atoms with Crippen molar-refractivity contribution in [2.75, 3.05) is 13.1 Å². The van der Waals surface area contributed by atoms with Crippen LogP contribution >= 0.6 is 0 Å². The molecule has 0 saturated heterocycles. The highest BCUT2D eigenvalue weighted by Crippen LogP contribution is 2.07. The lowest BCUT2D eigenvalue weighted by atomic mass is 10.1. The third kappa shape index (κ3) is 11.7. The maximum Gasteiger partial charge on any atom is 0.0939 e. The van der Waals surface area contributed by atoms with Gasteiger partial charge in [0.1, 0.15) is 0 Å². The smallest absolute Gasteiger partial charge is 0.0939 e. The molecule has 0 spiro atoms. The molecule has 1 nitrogen and oxygen atoms in total. The van der Waals surface area contributed by atoms with Gasteiger partial charge in [-0.3, -0.25) is 0 Å². The summed E-state index contributed by atoms with van der Waals surface area (Å²) in [7, 11) is 0. The minimum absolute atomic E-state index is 1.08. The summed E-state index contributed by atoms with van der Waals surface area (Å²) in [5.41, 5.74) is 0. The molecule has 1 heteroatoms. The Morgan fingerprint density at radius 3 is 2.07 bits per heavy atom. The molecule has 0 aliphatic heterocycles. The fourth-order valence-electron chi connectivity index (χ4n) is 1.66. The summed E-state index contributed by atoms with van der Waals surface area (Å²) in [6.45, 7) is 8.34. The Kier molecular flexibility index (Phi) is 12.4. The lowest BCUT2D eigenvalue weighted by Gasteiger charge is -2.00. The van der Waals surface area contributed by atoms with Crippen molar-refractivity contribution in [2.45, 2.75) is 58.3 Å². The van der Waals surface area contributed by atoms with Gasteiger partial charge >= 0.3 is 0 Å². The quantitative estimate of drug-likeness (QED) is 0.388. The Hall–Kier alpha value is -0.300. The van der Waals surface area contributed by atoms with Gasteiger partial charge in [0.2, 0.25) is 0 Å². The standard InChI is InChI=1S/C13H27N/c1-3-5-6-7-8-9-10-11-13-14-12-4-2/h4,14H,2-3,5-13H2,1H3/p+1. The van der Waals surface area contributed by atoms with E-state index in [2.05, 4.69) is 18.8 Å². The maximum absolute atomic E-state index is 3.71. The lowest BCUT2D eigenvalue weighted by molar-refractivity contribution is -0.646. The fourth-order valence-corrected chi connectivity index (χ4v) is 1.66. The molecule has 0 aromatic carbocycles. The number of unbranched alkanes of at least 4 members (excludes halogenated alkanes) is 7. The molecule has 0 amide bonds. The van der Waals surface area contributed by atoms with Crippen molar-refractivity contribution in [3.63, 3.8) is 0 Å². The summed E-state index contributed by atoms with van der Waals surface area (Å²) < 4.78 is 0. The molecule has 0 saturated carbocycles. The van der Waals surface area contributed by atoms with E-state index in [0.717, 1.165) is 6.54 Å². The second kappa shape index (κ2) is 12.7. The molecule has 0 aliphatic carbocycles. The minimum Gasteiger partial charge on any atom is -0.343 e. The van der Waals surface area contributed by atoms with Crippen LogP contribution in [0.4, 0.5) is 0 Å². The van der Waals surface area contributed by atoms with Gasteiger partial charge in [0.05, 0.1) is 13.1 Å². The molecule has 0 radical (unpaired) electrons. The zero-order valence-electron chi connectivity index (χ0n) is 9.93. The van der Waals surface area contributed by atoms with Crippen molar-refractivity contribution in [1.82, 2.24) is 0 Å². The van der Waals surface area contributed by atoms with Crippen LogP contribution in [0.3, 0.4) is 0 Å². The Balaban J connectivity index is 2.81. The Morgan fingerprint density at radius 1 is 0.929 bits per heavy atom. The van der Waals surface area contributed by atoms with Crippen LogP contribution < -0.4 is 5.32 Å². The predicted molar refractivity (Wildman–Crippen MR) is 64.5 cm³/mol. The molecule has 0 rings (SSSR count). The molecule has 0 bridgehead atoms. The molecule has 0 aromatic rings. The van der Waals surface area contributed by atoms with Crippen LogP contribution in [0.15, 0.2) is 12.7 Å². The van der Waals surface area contributed by atoms with Gasteiger partial charge in [0.15, 0.2) is 0 Å². The van der Waals surface area contributed by atoms with Crippen molar-refractivity contribution in [2.24, 2.45) is 0 Å². The number of hydrogen-bond acceptors (Lipinski definition) is 0. The SMILES string of the molecule is C=CC[NH2+]CCCCCCCCCC. The van der Waals surface area contributed by atoms with Gasteiger partial charge in [0, 0.05) is 0 Å². The van der Waals surface area contributed by atoms with Crippen molar-refractivity contribution in [3.05, 3.63) is 12.7 Å². The summed E-state index contributed by atoms with van der Waals surface area (Å²) in [5, 5.41) is 2.34. The predicted octanol–water partition coefficient (Wildman–Crippen LogP) is 2.88. The van der Waals surface area contributed by atoms with Gasteiger partial charge in [-0.15, -0.1) is 0 Å². The van der Waals surface area contributed by atoms with E-state index >= 15 is 0 Å². The zero-order valence-corrected chi connectivity index (χ0v) is 9.93. The summed E-state index contributed by atoms with van der Waals surface area (Å²) >= 11 is 0. The molecule has 0 aliphatic rings. The molecule has 0 aromatic heterocycles. The summed E-state index contributed by atoms with van der Waals surface area (Å²) in [6.07, 6.45) is 13.3. The molecule has 0 fully saturated rings. The van der Waals surface area contributed by atoms with E-state index in [1.807, 2.05) is 6.08 Å². The van der Waals surface area contributed by atoms with Crippen LogP contribution in [0.2, 0.25) is 0 Å². The molecule has 2 N–H and O–H groups in total. The number of nitrogens with two attached hydrogens (primary N) is 1. The Morgan fingerprint density at radius 2 is 1.50 bits per heavy atom. The molecular weight excluding hydrogens is 170 g/mol. The van der Waals surface area contributed by atoms with E-state index in [9.17, 15) is 0 Å². The first-order valence-electron chi connectivity index (χ1n) is 6.34. The van der Waals surface area contributed by atoms with Gasteiger partial charge in [-0.2, -0.15) is 0 Å². The van der Waals surface area contributed by atoms with Gasteiger partial charge in [-0.25, -0.2) is 0 Å². The van der Waals surface area contributed by atoms with Crippen molar-refractivity contribution >= 4 is 0 Å². The van der Waals surface area contributed by atoms with Crippen LogP contribution in [-0.4, -0.2) is 13.1 Å². The fraction of sp³-hybridized carbons (Fsp3) is 0.846. The van der Waals surface area contributed by atoms with E-state index in [-0.39, 0.29) is 0 Å².